The molecule has 0 N–H and O–H groups in total. The molecule has 2 unspecified atom stereocenters. The van der Waals surface area contributed by atoms with Gasteiger partial charge >= 0.3 is 0 Å². The Labute approximate surface area is 163 Å². The topological polar surface area (TPSA) is 37.7 Å². The van der Waals surface area contributed by atoms with Gasteiger partial charge in [-0.05, 0) is 66.9 Å². The van der Waals surface area contributed by atoms with Crippen molar-refractivity contribution in [2.75, 3.05) is 13.6 Å². The third-order valence-electron chi connectivity index (χ3n) is 4.13. The second-order valence-corrected chi connectivity index (χ2v) is 7.10. The third-order valence-corrected chi connectivity index (χ3v) is 4.70. The van der Waals surface area contributed by atoms with Crippen LogP contribution in [0.25, 0.3) is 0 Å². The van der Waals surface area contributed by atoms with E-state index in [2.05, 4.69) is 32.8 Å². The van der Waals surface area contributed by atoms with Crippen molar-refractivity contribution in [3.8, 4) is 5.88 Å². The van der Waals surface area contributed by atoms with Crippen LogP contribution in [0, 0.1) is 6.92 Å². The Morgan fingerprint density at radius 1 is 1.31 bits per heavy atom. The average Bonchev–Trinajstić information content (AvgIpc) is 2.62. The molecule has 140 valence electrons. The molecule has 26 heavy (non-hydrogen) atoms. The second kappa shape index (κ2) is 9.12. The van der Waals surface area contributed by atoms with Crippen LogP contribution in [0.2, 0.25) is 0 Å². The Hall–Kier alpha value is -1.95. The number of aromatic nitrogens is 1. The number of pyridine rings is 1. The minimum absolute atomic E-state index is 0.252. The van der Waals surface area contributed by atoms with Crippen LogP contribution in [0.1, 0.15) is 49.9 Å². The molecule has 0 radical (unpaired) electrons. The number of aliphatic imine (C=N–C) groups is 1. The number of rotatable bonds is 7. The van der Waals surface area contributed by atoms with Crippen LogP contribution in [-0.4, -0.2) is 29.8 Å². The van der Waals surface area contributed by atoms with Crippen molar-refractivity contribution in [2.45, 2.75) is 40.0 Å². The van der Waals surface area contributed by atoms with Gasteiger partial charge in [0.05, 0.1) is 22.2 Å². The van der Waals surface area contributed by atoms with E-state index in [1.165, 1.54) is 6.92 Å². The molecular weight excluding hydrogens is 397 g/mol. The van der Waals surface area contributed by atoms with E-state index in [1.807, 2.05) is 50.1 Å². The lowest BCUT2D eigenvalue weighted by atomic mass is 10.0. The predicted molar refractivity (Wildman–Crippen MR) is 108 cm³/mol. The Kier molecular flexibility index (Phi) is 7.14. The summed E-state index contributed by atoms with van der Waals surface area (Å²) in [5, 5.41) is 0. The van der Waals surface area contributed by atoms with Crippen molar-refractivity contribution < 1.29 is 9.13 Å². The van der Waals surface area contributed by atoms with E-state index in [4.69, 9.17) is 4.74 Å². The third kappa shape index (κ3) is 5.27. The number of aryl methyl sites for hydroxylation is 1. The fraction of sp³-hybridized carbons (Fsp3) is 0.400. The molecule has 0 spiro atoms. The summed E-state index contributed by atoms with van der Waals surface area (Å²) in [6.45, 7) is 8.29. The van der Waals surface area contributed by atoms with Gasteiger partial charge in [-0.1, -0.05) is 18.2 Å². The summed E-state index contributed by atoms with van der Waals surface area (Å²) < 4.78 is 20.3. The van der Waals surface area contributed by atoms with Gasteiger partial charge in [0.25, 0.3) is 0 Å². The Balaban J connectivity index is 2.20. The monoisotopic (exact) mass is 421 g/mol. The zero-order chi connectivity index (χ0) is 19.3. The molecule has 2 rings (SSSR count). The molecule has 0 aliphatic heterocycles. The predicted octanol–water partition coefficient (Wildman–Crippen LogP) is 5.93. The molecule has 0 bridgehead atoms. The molecular formula is C20H25BrFN3O. The van der Waals surface area contributed by atoms with Crippen molar-refractivity contribution in [2.24, 2.45) is 4.99 Å². The molecule has 4 nitrogen and oxygen atoms in total. The molecule has 1 aromatic heterocycles. The number of alkyl halides is 1. The maximum Gasteiger partial charge on any atom is 0.228 e. The van der Waals surface area contributed by atoms with Gasteiger partial charge in [-0.2, -0.15) is 0 Å². The van der Waals surface area contributed by atoms with Gasteiger partial charge in [-0.3, -0.25) is 0 Å². The van der Waals surface area contributed by atoms with E-state index < -0.39 is 6.17 Å². The highest BCUT2D eigenvalue weighted by atomic mass is 79.9. The highest BCUT2D eigenvalue weighted by Gasteiger charge is 2.14. The van der Waals surface area contributed by atoms with Crippen LogP contribution >= 0.6 is 15.9 Å². The van der Waals surface area contributed by atoms with E-state index >= 15 is 0 Å². The zero-order valence-corrected chi connectivity index (χ0v) is 17.4. The zero-order valence-electron chi connectivity index (χ0n) is 15.8. The molecule has 2 atom stereocenters. The second-order valence-electron chi connectivity index (χ2n) is 6.24. The standard InChI is InChI=1S/C20H25BrFN3O/c1-6-25(5)12-23-19-11-18(21)20(24-14(19)3)26-15(4)17-9-7-8-16(10-17)13(2)22/h7-13,15H,6H2,1-5H3/b23-12+. The molecule has 0 aliphatic carbocycles. The molecule has 0 aliphatic rings. The van der Waals surface area contributed by atoms with Crippen LogP contribution in [0.3, 0.4) is 0 Å². The van der Waals surface area contributed by atoms with Gasteiger partial charge in [0, 0.05) is 13.6 Å². The van der Waals surface area contributed by atoms with Gasteiger partial charge < -0.3 is 9.64 Å². The quantitative estimate of drug-likeness (QED) is 0.410. The lowest BCUT2D eigenvalue weighted by molar-refractivity contribution is 0.215. The van der Waals surface area contributed by atoms with Crippen LogP contribution < -0.4 is 4.74 Å². The first-order valence-electron chi connectivity index (χ1n) is 8.64. The maximum atomic E-state index is 13.5. The molecule has 6 heteroatoms. The normalized spacial score (nSPS) is 13.7. The number of benzene rings is 1. The van der Waals surface area contributed by atoms with Crippen molar-refractivity contribution in [1.82, 2.24) is 9.88 Å². The molecule has 0 saturated heterocycles. The summed E-state index contributed by atoms with van der Waals surface area (Å²) in [4.78, 5) is 11.0. The highest BCUT2D eigenvalue weighted by molar-refractivity contribution is 9.10. The van der Waals surface area contributed by atoms with Crippen LogP contribution in [0.4, 0.5) is 10.1 Å². The number of nitrogens with zero attached hydrogens (tertiary/aromatic N) is 3. The lowest BCUT2D eigenvalue weighted by Crippen LogP contribution is -2.14. The first kappa shape index (κ1) is 20.4. The number of hydrogen-bond donors (Lipinski definition) is 0. The van der Waals surface area contributed by atoms with Gasteiger partial charge in [-0.25, -0.2) is 14.4 Å². The summed E-state index contributed by atoms with van der Waals surface area (Å²) in [5.41, 5.74) is 3.11. The SMILES string of the molecule is CCN(C)/C=N/c1cc(Br)c(OC(C)c2cccc(C(C)F)c2)nc1C. The van der Waals surface area contributed by atoms with Gasteiger partial charge in [0.1, 0.15) is 12.3 Å². The summed E-state index contributed by atoms with van der Waals surface area (Å²) in [6.07, 6.45) is 0.522. The van der Waals surface area contributed by atoms with Gasteiger partial charge in [0.2, 0.25) is 5.88 Å². The Bertz CT molecular complexity index is 780. The Morgan fingerprint density at radius 3 is 2.65 bits per heavy atom. The fourth-order valence-electron chi connectivity index (χ4n) is 2.30. The lowest BCUT2D eigenvalue weighted by Gasteiger charge is -2.17. The minimum atomic E-state index is -1.01. The molecule has 0 saturated carbocycles. The summed E-state index contributed by atoms with van der Waals surface area (Å²) >= 11 is 3.51. The molecule has 0 amide bonds. The van der Waals surface area contributed by atoms with Crippen molar-refractivity contribution in [3.05, 3.63) is 51.6 Å². The van der Waals surface area contributed by atoms with Gasteiger partial charge in [0.15, 0.2) is 0 Å². The van der Waals surface area contributed by atoms with Crippen molar-refractivity contribution in [3.63, 3.8) is 0 Å². The average molecular weight is 422 g/mol. The molecule has 2 aromatic rings. The first-order chi connectivity index (χ1) is 12.3. The summed E-state index contributed by atoms with van der Waals surface area (Å²) in [7, 11) is 1.97. The molecule has 1 heterocycles. The van der Waals surface area contributed by atoms with Crippen molar-refractivity contribution >= 4 is 28.0 Å². The van der Waals surface area contributed by atoms with E-state index in [0.717, 1.165) is 28.0 Å². The van der Waals surface area contributed by atoms with E-state index in [9.17, 15) is 4.39 Å². The first-order valence-corrected chi connectivity index (χ1v) is 9.43. The number of ether oxygens (including phenoxy) is 1. The van der Waals surface area contributed by atoms with Crippen LogP contribution in [0.5, 0.6) is 5.88 Å². The van der Waals surface area contributed by atoms with Crippen LogP contribution in [0.15, 0.2) is 39.8 Å². The summed E-state index contributed by atoms with van der Waals surface area (Å²) in [6, 6.07) is 9.27. The van der Waals surface area contributed by atoms with Crippen molar-refractivity contribution in [1.29, 1.82) is 0 Å². The van der Waals surface area contributed by atoms with E-state index in [-0.39, 0.29) is 6.10 Å². The Morgan fingerprint density at radius 2 is 2.00 bits per heavy atom. The largest absolute Gasteiger partial charge is 0.469 e. The van der Waals surface area contributed by atoms with Crippen LogP contribution in [-0.2, 0) is 0 Å². The fourth-order valence-corrected chi connectivity index (χ4v) is 2.70. The summed E-state index contributed by atoms with van der Waals surface area (Å²) in [5.74, 6) is 0.497. The minimum Gasteiger partial charge on any atom is -0.469 e. The highest BCUT2D eigenvalue weighted by Crippen LogP contribution is 2.33. The van der Waals surface area contributed by atoms with E-state index in [1.54, 1.807) is 12.4 Å². The van der Waals surface area contributed by atoms with Gasteiger partial charge in [-0.15, -0.1) is 0 Å². The maximum absolute atomic E-state index is 13.5. The molecule has 0 fully saturated rings. The molecule has 1 aromatic carbocycles. The number of halogens is 2. The number of hydrogen-bond acceptors (Lipinski definition) is 3. The van der Waals surface area contributed by atoms with E-state index in [0.29, 0.717) is 11.4 Å². The smallest absolute Gasteiger partial charge is 0.228 e.